The van der Waals surface area contributed by atoms with E-state index in [9.17, 15) is 4.79 Å². The van der Waals surface area contributed by atoms with Crippen molar-refractivity contribution >= 4 is 11.7 Å². The van der Waals surface area contributed by atoms with Gasteiger partial charge in [0.05, 0.1) is 6.54 Å². The highest BCUT2D eigenvalue weighted by Crippen LogP contribution is 2.09. The number of likely N-dealkylation sites (tertiary alicyclic amines) is 1. The molecule has 0 aliphatic carbocycles. The first kappa shape index (κ1) is 14.0. The first-order valence-electron chi connectivity index (χ1n) is 6.99. The van der Waals surface area contributed by atoms with Crippen LogP contribution in [0.5, 0.6) is 0 Å². The summed E-state index contributed by atoms with van der Waals surface area (Å²) in [5.41, 5.74) is 6.90. The van der Waals surface area contributed by atoms with E-state index in [0.29, 0.717) is 18.4 Å². The molecule has 1 aromatic heterocycles. The molecule has 1 fully saturated rings. The Morgan fingerprint density at radius 1 is 1.58 bits per heavy atom. The summed E-state index contributed by atoms with van der Waals surface area (Å²) in [5, 5.41) is 9.84. The average molecular weight is 265 g/mol. The van der Waals surface area contributed by atoms with Crippen LogP contribution in [0.3, 0.4) is 0 Å². The Morgan fingerprint density at radius 2 is 2.32 bits per heavy atom. The van der Waals surface area contributed by atoms with Crippen LogP contribution in [0.25, 0.3) is 0 Å². The number of H-pyrrole nitrogens is 1. The molecule has 0 atom stereocenters. The number of hydrogen-bond donors (Lipinski definition) is 3. The highest BCUT2D eigenvalue weighted by molar-refractivity contribution is 5.91. The summed E-state index contributed by atoms with van der Waals surface area (Å²) >= 11 is 0. The SMILES string of the molecule is CCCc1cc(NC(=O)CN2CCC(N)CC2)n[nH]1. The fourth-order valence-electron chi connectivity index (χ4n) is 2.32. The van der Waals surface area contributed by atoms with Crippen molar-refractivity contribution in [2.75, 3.05) is 25.0 Å². The van der Waals surface area contributed by atoms with Crippen LogP contribution >= 0.6 is 0 Å². The van der Waals surface area contributed by atoms with Gasteiger partial charge in [-0.2, -0.15) is 5.10 Å². The zero-order valence-corrected chi connectivity index (χ0v) is 11.5. The van der Waals surface area contributed by atoms with Crippen LogP contribution in [-0.4, -0.2) is 46.7 Å². The molecule has 0 saturated carbocycles. The smallest absolute Gasteiger partial charge is 0.239 e. The number of rotatable bonds is 5. The third-order valence-electron chi connectivity index (χ3n) is 3.42. The number of aromatic nitrogens is 2. The number of aryl methyl sites for hydroxylation is 1. The molecular formula is C13H23N5O. The van der Waals surface area contributed by atoms with E-state index >= 15 is 0 Å². The topological polar surface area (TPSA) is 87.0 Å². The minimum absolute atomic E-state index is 0.00924. The first-order valence-corrected chi connectivity index (χ1v) is 6.99. The van der Waals surface area contributed by atoms with Crippen molar-refractivity contribution in [3.05, 3.63) is 11.8 Å². The quantitative estimate of drug-likeness (QED) is 0.732. The fraction of sp³-hybridized carbons (Fsp3) is 0.692. The van der Waals surface area contributed by atoms with Gasteiger partial charge in [0.1, 0.15) is 0 Å². The molecule has 1 aromatic rings. The average Bonchev–Trinajstić information content (AvgIpc) is 2.80. The summed E-state index contributed by atoms with van der Waals surface area (Å²) in [4.78, 5) is 14.0. The van der Waals surface area contributed by atoms with Crippen LogP contribution < -0.4 is 11.1 Å². The van der Waals surface area contributed by atoms with Gasteiger partial charge in [-0.1, -0.05) is 13.3 Å². The van der Waals surface area contributed by atoms with Crippen LogP contribution in [0.2, 0.25) is 0 Å². The lowest BCUT2D eigenvalue weighted by molar-refractivity contribution is -0.117. The van der Waals surface area contributed by atoms with Gasteiger partial charge in [-0.15, -0.1) is 0 Å². The Labute approximate surface area is 113 Å². The molecule has 4 N–H and O–H groups in total. The Bertz CT molecular complexity index is 409. The van der Waals surface area contributed by atoms with Crippen molar-refractivity contribution in [1.29, 1.82) is 0 Å². The maximum atomic E-state index is 11.9. The Hall–Kier alpha value is -1.40. The molecule has 1 aliphatic rings. The molecule has 1 amide bonds. The molecule has 0 bridgehead atoms. The van der Waals surface area contributed by atoms with Crippen LogP contribution in [-0.2, 0) is 11.2 Å². The second-order valence-corrected chi connectivity index (χ2v) is 5.19. The molecule has 2 heterocycles. The van der Waals surface area contributed by atoms with E-state index in [0.717, 1.165) is 44.5 Å². The first-order chi connectivity index (χ1) is 9.17. The van der Waals surface area contributed by atoms with Crippen LogP contribution in [0.1, 0.15) is 31.9 Å². The lowest BCUT2D eigenvalue weighted by Crippen LogP contribution is -2.43. The van der Waals surface area contributed by atoms with E-state index in [2.05, 4.69) is 27.3 Å². The maximum absolute atomic E-state index is 11.9. The normalized spacial score (nSPS) is 17.6. The second-order valence-electron chi connectivity index (χ2n) is 5.19. The highest BCUT2D eigenvalue weighted by atomic mass is 16.2. The summed E-state index contributed by atoms with van der Waals surface area (Å²) < 4.78 is 0. The Morgan fingerprint density at radius 3 is 3.00 bits per heavy atom. The Kier molecular flexibility index (Phi) is 4.93. The van der Waals surface area contributed by atoms with Crippen LogP contribution in [0.4, 0.5) is 5.82 Å². The molecule has 106 valence electrons. The zero-order valence-electron chi connectivity index (χ0n) is 11.5. The molecule has 19 heavy (non-hydrogen) atoms. The van der Waals surface area contributed by atoms with E-state index in [1.165, 1.54) is 0 Å². The van der Waals surface area contributed by atoms with Gasteiger partial charge in [0, 0.05) is 30.9 Å². The second kappa shape index (κ2) is 6.68. The molecule has 0 radical (unpaired) electrons. The number of piperidine rings is 1. The summed E-state index contributed by atoms with van der Waals surface area (Å²) in [7, 11) is 0. The van der Waals surface area contributed by atoms with Gasteiger partial charge in [0.2, 0.25) is 5.91 Å². The fourth-order valence-corrected chi connectivity index (χ4v) is 2.32. The van der Waals surface area contributed by atoms with Crippen molar-refractivity contribution < 1.29 is 4.79 Å². The van der Waals surface area contributed by atoms with E-state index in [4.69, 9.17) is 5.73 Å². The summed E-state index contributed by atoms with van der Waals surface area (Å²) in [5.74, 6) is 0.604. The van der Waals surface area contributed by atoms with Crippen LogP contribution in [0.15, 0.2) is 6.07 Å². The third kappa shape index (κ3) is 4.33. The Balaban J connectivity index is 1.77. The summed E-state index contributed by atoms with van der Waals surface area (Å²) in [6.45, 7) is 4.33. The van der Waals surface area contributed by atoms with Gasteiger partial charge in [0.15, 0.2) is 5.82 Å². The van der Waals surface area contributed by atoms with Gasteiger partial charge in [-0.3, -0.25) is 14.8 Å². The molecule has 1 aliphatic heterocycles. The lowest BCUT2D eigenvalue weighted by Gasteiger charge is -2.29. The number of anilines is 1. The maximum Gasteiger partial charge on any atom is 0.239 e. The number of aromatic amines is 1. The van der Waals surface area contributed by atoms with E-state index in [-0.39, 0.29) is 5.91 Å². The van der Waals surface area contributed by atoms with Gasteiger partial charge in [0.25, 0.3) is 0 Å². The molecule has 0 spiro atoms. The number of nitrogens with two attached hydrogens (primary N) is 1. The lowest BCUT2D eigenvalue weighted by atomic mass is 10.1. The predicted molar refractivity (Wildman–Crippen MR) is 74.9 cm³/mol. The minimum atomic E-state index is -0.00924. The van der Waals surface area contributed by atoms with Gasteiger partial charge < -0.3 is 11.1 Å². The van der Waals surface area contributed by atoms with Gasteiger partial charge >= 0.3 is 0 Å². The number of hydrogen-bond acceptors (Lipinski definition) is 4. The van der Waals surface area contributed by atoms with Gasteiger partial charge in [-0.25, -0.2) is 0 Å². The summed E-state index contributed by atoms with van der Waals surface area (Å²) in [6, 6.07) is 2.19. The number of carbonyl (C=O) groups excluding carboxylic acids is 1. The molecule has 0 aromatic carbocycles. The van der Waals surface area contributed by atoms with E-state index < -0.39 is 0 Å². The van der Waals surface area contributed by atoms with Crippen molar-refractivity contribution in [3.63, 3.8) is 0 Å². The largest absolute Gasteiger partial charge is 0.328 e. The number of nitrogens with zero attached hydrogens (tertiary/aromatic N) is 2. The van der Waals surface area contributed by atoms with Crippen molar-refractivity contribution in [2.24, 2.45) is 5.73 Å². The van der Waals surface area contributed by atoms with Gasteiger partial charge in [-0.05, 0) is 19.3 Å². The molecular weight excluding hydrogens is 242 g/mol. The monoisotopic (exact) mass is 265 g/mol. The molecule has 2 rings (SSSR count). The van der Waals surface area contributed by atoms with E-state index in [1.54, 1.807) is 0 Å². The molecule has 0 unspecified atom stereocenters. The molecule has 1 saturated heterocycles. The third-order valence-corrected chi connectivity index (χ3v) is 3.42. The highest BCUT2D eigenvalue weighted by Gasteiger charge is 2.18. The van der Waals surface area contributed by atoms with Crippen LogP contribution in [0, 0.1) is 0 Å². The number of carbonyl (C=O) groups is 1. The molecule has 6 nitrogen and oxygen atoms in total. The standard InChI is InChI=1S/C13H23N5O/c1-2-3-11-8-12(17-16-11)15-13(19)9-18-6-4-10(14)5-7-18/h8,10H,2-7,9,14H2,1H3,(H2,15,16,17,19). The van der Waals surface area contributed by atoms with Crippen molar-refractivity contribution in [3.8, 4) is 0 Å². The number of nitrogens with one attached hydrogen (secondary N) is 2. The summed E-state index contributed by atoms with van der Waals surface area (Å²) in [6.07, 6.45) is 3.95. The minimum Gasteiger partial charge on any atom is -0.328 e. The van der Waals surface area contributed by atoms with Crippen molar-refractivity contribution in [2.45, 2.75) is 38.6 Å². The zero-order chi connectivity index (χ0) is 13.7. The van der Waals surface area contributed by atoms with Crippen molar-refractivity contribution in [1.82, 2.24) is 15.1 Å². The molecule has 6 heteroatoms. The number of amides is 1. The van der Waals surface area contributed by atoms with E-state index in [1.807, 2.05) is 6.07 Å². The predicted octanol–water partition coefficient (Wildman–Crippen LogP) is 0.724.